The van der Waals surface area contributed by atoms with Crippen LogP contribution in [0.4, 0.5) is 0 Å². The van der Waals surface area contributed by atoms with Gasteiger partial charge in [-0.25, -0.2) is 0 Å². The molecule has 3 aromatic rings. The van der Waals surface area contributed by atoms with Crippen molar-refractivity contribution < 1.29 is 4.79 Å². The topological polar surface area (TPSA) is 49.0 Å². The molecule has 5 heteroatoms. The van der Waals surface area contributed by atoms with Crippen LogP contribution in [-0.4, -0.2) is 27.5 Å². The number of nitrogens with zero attached hydrogens (tertiary/aromatic N) is 2. The molecule has 0 radical (unpaired) electrons. The van der Waals surface area contributed by atoms with Gasteiger partial charge in [0.1, 0.15) is 5.69 Å². The molecule has 24 heavy (non-hydrogen) atoms. The Morgan fingerprint density at radius 1 is 1.21 bits per heavy atom. The average Bonchev–Trinajstić information content (AvgIpc) is 3.32. The van der Waals surface area contributed by atoms with E-state index >= 15 is 0 Å². The molecule has 0 saturated carbocycles. The molecule has 1 aliphatic rings. The van der Waals surface area contributed by atoms with Crippen molar-refractivity contribution in [3.8, 4) is 11.3 Å². The van der Waals surface area contributed by atoms with Crippen LogP contribution < -0.4 is 0 Å². The summed E-state index contributed by atoms with van der Waals surface area (Å²) in [5.41, 5.74) is 3.59. The van der Waals surface area contributed by atoms with Crippen molar-refractivity contribution >= 4 is 17.2 Å². The number of nitrogens with one attached hydrogen (secondary N) is 1. The second-order valence-corrected chi connectivity index (χ2v) is 6.98. The summed E-state index contributed by atoms with van der Waals surface area (Å²) in [5, 5.41) is 9.53. The van der Waals surface area contributed by atoms with E-state index in [9.17, 15) is 4.79 Å². The Morgan fingerprint density at radius 2 is 2.04 bits per heavy atom. The van der Waals surface area contributed by atoms with E-state index in [-0.39, 0.29) is 11.9 Å². The van der Waals surface area contributed by atoms with Crippen molar-refractivity contribution in [3.05, 3.63) is 64.0 Å². The molecule has 3 heterocycles. The summed E-state index contributed by atoms with van der Waals surface area (Å²) in [7, 11) is 0. The maximum Gasteiger partial charge on any atom is 0.273 e. The van der Waals surface area contributed by atoms with Gasteiger partial charge in [0.05, 0.1) is 11.7 Å². The van der Waals surface area contributed by atoms with Crippen molar-refractivity contribution in [3.63, 3.8) is 0 Å². The lowest BCUT2D eigenvalue weighted by atomic mass is 10.0. The molecule has 1 unspecified atom stereocenters. The van der Waals surface area contributed by atoms with Crippen LogP contribution >= 0.6 is 11.3 Å². The average molecular weight is 337 g/mol. The van der Waals surface area contributed by atoms with Gasteiger partial charge in [-0.05, 0) is 17.9 Å². The molecule has 1 aliphatic heterocycles. The van der Waals surface area contributed by atoms with E-state index in [1.165, 1.54) is 4.88 Å². The summed E-state index contributed by atoms with van der Waals surface area (Å²) in [6.07, 6.45) is 2.07. The fraction of sp³-hybridized carbons (Fsp3) is 0.263. The third-order valence-electron chi connectivity index (χ3n) is 4.48. The van der Waals surface area contributed by atoms with Gasteiger partial charge in [-0.3, -0.25) is 9.89 Å². The molecule has 0 saturated heterocycles. The summed E-state index contributed by atoms with van der Waals surface area (Å²) in [4.78, 5) is 16.1. The van der Waals surface area contributed by atoms with Crippen molar-refractivity contribution in [1.29, 1.82) is 0 Å². The SMILES string of the molecule is CCCCN1C(=O)c2[nH]nc(-c3ccccc3)c2C1c1cccs1. The van der Waals surface area contributed by atoms with Crippen molar-refractivity contribution in [2.45, 2.75) is 25.8 Å². The Bertz CT molecular complexity index is 839. The number of aromatic nitrogens is 2. The second kappa shape index (κ2) is 6.24. The summed E-state index contributed by atoms with van der Waals surface area (Å²) in [6.45, 7) is 2.92. The first-order valence-electron chi connectivity index (χ1n) is 8.29. The Hall–Kier alpha value is -2.40. The molecule has 122 valence electrons. The zero-order valence-corrected chi connectivity index (χ0v) is 14.3. The lowest BCUT2D eigenvalue weighted by molar-refractivity contribution is 0.0743. The molecule has 1 aromatic carbocycles. The number of rotatable bonds is 5. The molecule has 0 bridgehead atoms. The molecular weight excluding hydrogens is 318 g/mol. The van der Waals surface area contributed by atoms with Gasteiger partial charge >= 0.3 is 0 Å². The van der Waals surface area contributed by atoms with Crippen LogP contribution in [0.1, 0.15) is 46.7 Å². The highest BCUT2D eigenvalue weighted by Crippen LogP contribution is 2.43. The minimum atomic E-state index is -0.0343. The maximum absolute atomic E-state index is 12.9. The predicted molar refractivity (Wildman–Crippen MR) is 96.1 cm³/mol. The number of hydrogen-bond acceptors (Lipinski definition) is 3. The number of H-pyrrole nitrogens is 1. The monoisotopic (exact) mass is 337 g/mol. The van der Waals surface area contributed by atoms with E-state index in [2.05, 4.69) is 28.6 Å². The normalized spacial score (nSPS) is 16.6. The Morgan fingerprint density at radius 3 is 2.75 bits per heavy atom. The molecule has 1 atom stereocenters. The fourth-order valence-corrected chi connectivity index (χ4v) is 4.16. The fourth-order valence-electron chi connectivity index (χ4n) is 3.31. The number of unbranched alkanes of at least 4 members (excludes halogenated alkanes) is 1. The Balaban J connectivity index is 1.84. The van der Waals surface area contributed by atoms with Gasteiger partial charge < -0.3 is 4.90 Å². The standard InChI is InChI=1S/C19H19N3OS/c1-2-3-11-22-18(14-10-7-12-24-14)15-16(13-8-5-4-6-9-13)20-21-17(15)19(22)23/h4-10,12,18H,2-3,11H2,1H3,(H,20,21). The lowest BCUT2D eigenvalue weighted by Gasteiger charge is -2.25. The molecule has 1 amide bonds. The van der Waals surface area contributed by atoms with Crippen LogP contribution in [-0.2, 0) is 0 Å². The zero-order valence-electron chi connectivity index (χ0n) is 13.5. The highest BCUT2D eigenvalue weighted by molar-refractivity contribution is 7.10. The maximum atomic E-state index is 12.9. The molecular formula is C19H19N3OS. The van der Waals surface area contributed by atoms with Crippen LogP contribution in [0.25, 0.3) is 11.3 Å². The van der Waals surface area contributed by atoms with E-state index in [1.54, 1.807) is 11.3 Å². The molecule has 4 nitrogen and oxygen atoms in total. The number of fused-ring (bicyclic) bond motifs is 1. The second-order valence-electron chi connectivity index (χ2n) is 6.00. The summed E-state index contributed by atoms with van der Waals surface area (Å²) >= 11 is 1.69. The first-order valence-corrected chi connectivity index (χ1v) is 9.17. The van der Waals surface area contributed by atoms with Crippen LogP contribution in [0.2, 0.25) is 0 Å². The van der Waals surface area contributed by atoms with Crippen LogP contribution in [0.15, 0.2) is 47.8 Å². The van der Waals surface area contributed by atoms with Gasteiger partial charge in [0, 0.05) is 22.5 Å². The number of carbonyl (C=O) groups excluding carboxylic acids is 1. The number of carbonyl (C=O) groups is 1. The number of amides is 1. The van der Waals surface area contributed by atoms with E-state index in [0.717, 1.165) is 36.2 Å². The lowest BCUT2D eigenvalue weighted by Crippen LogP contribution is -2.30. The first-order chi connectivity index (χ1) is 11.8. The van der Waals surface area contributed by atoms with E-state index in [0.29, 0.717) is 5.69 Å². The third-order valence-corrected chi connectivity index (χ3v) is 5.40. The summed E-state index contributed by atoms with van der Waals surface area (Å²) < 4.78 is 0. The van der Waals surface area contributed by atoms with Gasteiger partial charge in [-0.1, -0.05) is 49.7 Å². The number of benzene rings is 1. The number of thiophene rings is 1. The van der Waals surface area contributed by atoms with Crippen LogP contribution in [0.3, 0.4) is 0 Å². The highest BCUT2D eigenvalue weighted by atomic mass is 32.1. The smallest absolute Gasteiger partial charge is 0.273 e. The Labute approximate surface area is 145 Å². The van der Waals surface area contributed by atoms with E-state index in [1.807, 2.05) is 41.3 Å². The quantitative estimate of drug-likeness (QED) is 0.746. The van der Waals surface area contributed by atoms with Crippen LogP contribution in [0.5, 0.6) is 0 Å². The summed E-state index contributed by atoms with van der Waals surface area (Å²) in [6, 6.07) is 14.2. The van der Waals surface area contributed by atoms with Gasteiger partial charge in [-0.15, -0.1) is 11.3 Å². The zero-order chi connectivity index (χ0) is 16.5. The Kier molecular flexibility index (Phi) is 3.94. The van der Waals surface area contributed by atoms with E-state index < -0.39 is 0 Å². The van der Waals surface area contributed by atoms with Crippen molar-refractivity contribution in [1.82, 2.24) is 15.1 Å². The highest BCUT2D eigenvalue weighted by Gasteiger charge is 2.42. The van der Waals surface area contributed by atoms with Gasteiger partial charge in [0.25, 0.3) is 5.91 Å². The summed E-state index contributed by atoms with van der Waals surface area (Å²) in [5.74, 6) is 0.0616. The third kappa shape index (κ3) is 2.36. The minimum Gasteiger partial charge on any atom is -0.325 e. The van der Waals surface area contributed by atoms with Crippen molar-refractivity contribution in [2.75, 3.05) is 6.54 Å². The molecule has 4 rings (SSSR count). The largest absolute Gasteiger partial charge is 0.325 e. The van der Waals surface area contributed by atoms with Gasteiger partial charge in [0.2, 0.25) is 0 Å². The molecule has 2 aromatic heterocycles. The van der Waals surface area contributed by atoms with Crippen LogP contribution in [0, 0.1) is 0 Å². The van der Waals surface area contributed by atoms with Gasteiger partial charge in [0.15, 0.2) is 0 Å². The molecule has 0 spiro atoms. The van der Waals surface area contributed by atoms with Gasteiger partial charge in [-0.2, -0.15) is 5.10 Å². The first kappa shape index (κ1) is 15.1. The van der Waals surface area contributed by atoms with Crippen molar-refractivity contribution in [2.24, 2.45) is 0 Å². The molecule has 1 N–H and O–H groups in total. The molecule has 0 aliphatic carbocycles. The predicted octanol–water partition coefficient (Wildman–Crippen LogP) is 4.48. The minimum absolute atomic E-state index is 0.0343. The van der Waals surface area contributed by atoms with E-state index in [4.69, 9.17) is 0 Å². The number of aromatic amines is 1. The molecule has 0 fully saturated rings. The number of hydrogen-bond donors (Lipinski definition) is 1.